The predicted molar refractivity (Wildman–Crippen MR) is 78.9 cm³/mol. The molecule has 1 aromatic rings. The normalized spacial score (nSPS) is 23.8. The first-order valence-electron chi connectivity index (χ1n) is 7.39. The minimum absolute atomic E-state index is 0.0902. The SMILES string of the molecule is CN1CCc2ccc(N3CC(CO)CC3=O)cc2CC1. The second kappa shape index (κ2) is 5.54. The summed E-state index contributed by atoms with van der Waals surface area (Å²) in [5.41, 5.74) is 3.77. The minimum Gasteiger partial charge on any atom is -0.396 e. The fraction of sp³-hybridized carbons (Fsp3) is 0.562. The van der Waals surface area contributed by atoms with E-state index in [1.54, 1.807) is 0 Å². The highest BCUT2D eigenvalue weighted by atomic mass is 16.3. The van der Waals surface area contributed by atoms with E-state index in [0.717, 1.165) is 31.6 Å². The van der Waals surface area contributed by atoms with Crippen molar-refractivity contribution in [2.24, 2.45) is 5.92 Å². The Kier molecular flexibility index (Phi) is 3.76. The molecule has 2 heterocycles. The zero-order chi connectivity index (χ0) is 14.1. The summed E-state index contributed by atoms with van der Waals surface area (Å²) in [7, 11) is 2.16. The number of likely N-dealkylation sites (N-methyl/N-ethyl adjacent to an activating group) is 1. The number of benzene rings is 1. The number of aliphatic hydroxyl groups is 1. The first-order chi connectivity index (χ1) is 9.67. The van der Waals surface area contributed by atoms with Crippen LogP contribution in [0.2, 0.25) is 0 Å². The van der Waals surface area contributed by atoms with Gasteiger partial charge in [-0.15, -0.1) is 0 Å². The molecule has 4 nitrogen and oxygen atoms in total. The molecule has 1 saturated heterocycles. The van der Waals surface area contributed by atoms with Crippen molar-refractivity contribution in [3.8, 4) is 0 Å². The Labute approximate surface area is 120 Å². The number of hydrogen-bond acceptors (Lipinski definition) is 3. The maximum absolute atomic E-state index is 12.0. The molecule has 0 saturated carbocycles. The molecule has 1 N–H and O–H groups in total. The van der Waals surface area contributed by atoms with E-state index in [4.69, 9.17) is 0 Å². The van der Waals surface area contributed by atoms with Crippen molar-refractivity contribution in [2.75, 3.05) is 38.2 Å². The van der Waals surface area contributed by atoms with Crippen LogP contribution in [0.5, 0.6) is 0 Å². The van der Waals surface area contributed by atoms with Gasteiger partial charge in [-0.3, -0.25) is 4.79 Å². The van der Waals surface area contributed by atoms with Crippen molar-refractivity contribution in [3.63, 3.8) is 0 Å². The lowest BCUT2D eigenvalue weighted by molar-refractivity contribution is -0.117. The highest BCUT2D eigenvalue weighted by molar-refractivity contribution is 5.95. The number of amides is 1. The standard InChI is InChI=1S/C16H22N2O2/c1-17-6-4-13-2-3-15(9-14(13)5-7-17)18-10-12(11-19)8-16(18)20/h2-3,9,12,19H,4-8,10-11H2,1H3. The van der Waals surface area contributed by atoms with E-state index in [0.29, 0.717) is 13.0 Å². The molecule has 0 spiro atoms. The van der Waals surface area contributed by atoms with Crippen LogP contribution in [0, 0.1) is 5.92 Å². The molecule has 0 bridgehead atoms. The highest BCUT2D eigenvalue weighted by Crippen LogP contribution is 2.28. The molecule has 2 aliphatic rings. The first-order valence-corrected chi connectivity index (χ1v) is 7.39. The van der Waals surface area contributed by atoms with E-state index >= 15 is 0 Å². The van der Waals surface area contributed by atoms with Gasteiger partial charge in [0.2, 0.25) is 5.91 Å². The summed E-state index contributed by atoms with van der Waals surface area (Å²) < 4.78 is 0. The molecule has 0 aliphatic carbocycles. The first kappa shape index (κ1) is 13.6. The molecule has 20 heavy (non-hydrogen) atoms. The second-order valence-corrected chi connectivity index (χ2v) is 6.01. The fourth-order valence-corrected chi connectivity index (χ4v) is 3.14. The topological polar surface area (TPSA) is 43.8 Å². The number of nitrogens with zero attached hydrogens (tertiary/aromatic N) is 2. The molecule has 4 heteroatoms. The average molecular weight is 274 g/mol. The van der Waals surface area contributed by atoms with Gasteiger partial charge < -0.3 is 14.9 Å². The number of carbonyl (C=O) groups excluding carboxylic acids is 1. The maximum Gasteiger partial charge on any atom is 0.227 e. The quantitative estimate of drug-likeness (QED) is 0.877. The van der Waals surface area contributed by atoms with Crippen molar-refractivity contribution in [2.45, 2.75) is 19.3 Å². The van der Waals surface area contributed by atoms with E-state index in [2.05, 4.69) is 30.1 Å². The number of anilines is 1. The van der Waals surface area contributed by atoms with Crippen molar-refractivity contribution in [1.29, 1.82) is 0 Å². The molecule has 1 atom stereocenters. The lowest BCUT2D eigenvalue weighted by atomic mass is 10.0. The predicted octanol–water partition coefficient (Wildman–Crippen LogP) is 1.06. The summed E-state index contributed by atoms with van der Waals surface area (Å²) in [6.07, 6.45) is 2.60. The third-order valence-corrected chi connectivity index (χ3v) is 4.49. The monoisotopic (exact) mass is 274 g/mol. The van der Waals surface area contributed by atoms with Crippen LogP contribution in [-0.4, -0.2) is 49.2 Å². The third-order valence-electron chi connectivity index (χ3n) is 4.49. The Morgan fingerprint density at radius 2 is 2.00 bits per heavy atom. The van der Waals surface area contributed by atoms with Crippen LogP contribution in [0.25, 0.3) is 0 Å². The van der Waals surface area contributed by atoms with Gasteiger partial charge in [0.1, 0.15) is 0 Å². The summed E-state index contributed by atoms with van der Waals surface area (Å²) >= 11 is 0. The average Bonchev–Trinajstić information content (AvgIpc) is 2.74. The molecular formula is C16H22N2O2. The summed E-state index contributed by atoms with van der Waals surface area (Å²) in [4.78, 5) is 16.2. The van der Waals surface area contributed by atoms with Gasteiger partial charge in [0.05, 0.1) is 0 Å². The van der Waals surface area contributed by atoms with E-state index in [9.17, 15) is 9.90 Å². The summed E-state index contributed by atoms with van der Waals surface area (Å²) in [6.45, 7) is 2.91. The minimum atomic E-state index is 0.0902. The summed E-state index contributed by atoms with van der Waals surface area (Å²) in [6, 6.07) is 6.40. The lowest BCUT2D eigenvalue weighted by Crippen LogP contribution is -2.25. The largest absolute Gasteiger partial charge is 0.396 e. The molecular weight excluding hydrogens is 252 g/mol. The smallest absolute Gasteiger partial charge is 0.227 e. The molecule has 1 aromatic carbocycles. The summed E-state index contributed by atoms with van der Waals surface area (Å²) in [5, 5.41) is 9.22. The molecule has 2 aliphatic heterocycles. The Morgan fingerprint density at radius 1 is 1.25 bits per heavy atom. The van der Waals surface area contributed by atoms with E-state index < -0.39 is 0 Å². The highest BCUT2D eigenvalue weighted by Gasteiger charge is 2.30. The summed E-state index contributed by atoms with van der Waals surface area (Å²) in [5.74, 6) is 0.224. The van der Waals surface area contributed by atoms with Crippen molar-refractivity contribution >= 4 is 11.6 Å². The van der Waals surface area contributed by atoms with Gasteiger partial charge in [0.15, 0.2) is 0 Å². The van der Waals surface area contributed by atoms with Gasteiger partial charge in [-0.1, -0.05) is 6.07 Å². The van der Waals surface area contributed by atoms with Gasteiger partial charge in [0, 0.05) is 44.3 Å². The molecule has 1 amide bonds. The number of fused-ring (bicyclic) bond motifs is 1. The van der Waals surface area contributed by atoms with Gasteiger partial charge in [0.25, 0.3) is 0 Å². The van der Waals surface area contributed by atoms with E-state index in [1.165, 1.54) is 11.1 Å². The second-order valence-electron chi connectivity index (χ2n) is 6.01. The molecule has 0 radical (unpaired) electrons. The number of hydrogen-bond donors (Lipinski definition) is 1. The molecule has 1 unspecified atom stereocenters. The molecule has 0 aromatic heterocycles. The molecule has 1 fully saturated rings. The third kappa shape index (κ3) is 2.58. The number of aliphatic hydroxyl groups excluding tert-OH is 1. The Bertz CT molecular complexity index is 515. The van der Waals surface area contributed by atoms with Crippen LogP contribution in [0.15, 0.2) is 18.2 Å². The maximum atomic E-state index is 12.0. The Hall–Kier alpha value is -1.39. The van der Waals surface area contributed by atoms with Crippen molar-refractivity contribution < 1.29 is 9.90 Å². The zero-order valence-electron chi connectivity index (χ0n) is 12.0. The van der Waals surface area contributed by atoms with E-state index in [-0.39, 0.29) is 18.4 Å². The molecule has 3 rings (SSSR count). The van der Waals surface area contributed by atoms with Crippen molar-refractivity contribution in [3.05, 3.63) is 29.3 Å². The van der Waals surface area contributed by atoms with Crippen LogP contribution >= 0.6 is 0 Å². The van der Waals surface area contributed by atoms with Crippen LogP contribution in [-0.2, 0) is 17.6 Å². The van der Waals surface area contributed by atoms with Crippen molar-refractivity contribution in [1.82, 2.24) is 4.90 Å². The van der Waals surface area contributed by atoms with Gasteiger partial charge in [-0.2, -0.15) is 0 Å². The molecule has 108 valence electrons. The number of carbonyl (C=O) groups is 1. The van der Waals surface area contributed by atoms with Gasteiger partial charge in [-0.25, -0.2) is 0 Å². The lowest BCUT2D eigenvalue weighted by Gasteiger charge is -2.18. The fourth-order valence-electron chi connectivity index (χ4n) is 3.14. The van der Waals surface area contributed by atoms with E-state index in [1.807, 2.05) is 4.90 Å². The Morgan fingerprint density at radius 3 is 2.70 bits per heavy atom. The Balaban J connectivity index is 1.84. The van der Waals surface area contributed by atoms with Crippen LogP contribution in [0.4, 0.5) is 5.69 Å². The van der Waals surface area contributed by atoms with Gasteiger partial charge in [-0.05, 0) is 43.1 Å². The van der Waals surface area contributed by atoms with Gasteiger partial charge >= 0.3 is 0 Å². The van der Waals surface area contributed by atoms with Crippen LogP contribution in [0.1, 0.15) is 17.5 Å². The zero-order valence-corrected chi connectivity index (χ0v) is 12.0. The number of rotatable bonds is 2. The van der Waals surface area contributed by atoms with Crippen LogP contribution in [0.3, 0.4) is 0 Å². The van der Waals surface area contributed by atoms with Crippen LogP contribution < -0.4 is 4.90 Å².